The molecule has 0 spiro atoms. The minimum absolute atomic E-state index is 0.0486. The molecule has 2 heterocycles. The van der Waals surface area contributed by atoms with Gasteiger partial charge in [-0.3, -0.25) is 4.79 Å². The quantitative estimate of drug-likeness (QED) is 0.870. The number of fused-ring (bicyclic) bond motifs is 1. The van der Waals surface area contributed by atoms with Crippen molar-refractivity contribution < 1.29 is 14.3 Å². The highest BCUT2D eigenvalue weighted by molar-refractivity contribution is 5.94. The van der Waals surface area contributed by atoms with Crippen molar-refractivity contribution in [1.82, 2.24) is 10.6 Å². The molecule has 1 fully saturated rings. The molecular weight excluding hydrogens is 256 g/mol. The summed E-state index contributed by atoms with van der Waals surface area (Å²) in [6.45, 7) is 3.90. The fraction of sp³-hybridized carbons (Fsp3) is 0.533. The average molecular weight is 276 g/mol. The maximum atomic E-state index is 12.1. The van der Waals surface area contributed by atoms with Crippen molar-refractivity contribution in [3.8, 4) is 11.5 Å². The van der Waals surface area contributed by atoms with E-state index in [0.29, 0.717) is 36.2 Å². The lowest BCUT2D eigenvalue weighted by atomic mass is 9.99. The molecule has 1 saturated heterocycles. The largest absolute Gasteiger partial charge is 0.486 e. The Morgan fingerprint density at radius 1 is 1.30 bits per heavy atom. The summed E-state index contributed by atoms with van der Waals surface area (Å²) in [5.41, 5.74) is 0.623. The molecular formula is C15H20N2O3. The van der Waals surface area contributed by atoms with Crippen LogP contribution in [0.5, 0.6) is 11.5 Å². The lowest BCUT2D eigenvalue weighted by molar-refractivity contribution is 0.0943. The monoisotopic (exact) mass is 276 g/mol. The van der Waals surface area contributed by atoms with E-state index in [2.05, 4.69) is 10.6 Å². The Morgan fingerprint density at radius 3 is 2.95 bits per heavy atom. The Kier molecular flexibility index (Phi) is 4.06. The molecule has 0 saturated carbocycles. The van der Waals surface area contributed by atoms with Crippen LogP contribution in [0.1, 0.15) is 23.2 Å². The highest BCUT2D eigenvalue weighted by atomic mass is 16.6. The molecule has 0 unspecified atom stereocenters. The van der Waals surface area contributed by atoms with Gasteiger partial charge >= 0.3 is 0 Å². The molecule has 2 aliphatic rings. The van der Waals surface area contributed by atoms with Crippen LogP contribution in [0, 0.1) is 5.92 Å². The SMILES string of the molecule is O=C(NC[C@@H]1CCCNC1)c1ccc2c(c1)OCCO2. The highest BCUT2D eigenvalue weighted by Crippen LogP contribution is 2.30. The van der Waals surface area contributed by atoms with Crippen LogP contribution >= 0.6 is 0 Å². The molecule has 1 amide bonds. The number of piperidine rings is 1. The predicted molar refractivity (Wildman–Crippen MR) is 75.4 cm³/mol. The van der Waals surface area contributed by atoms with Gasteiger partial charge in [-0.1, -0.05) is 0 Å². The van der Waals surface area contributed by atoms with E-state index in [1.165, 1.54) is 12.8 Å². The summed E-state index contributed by atoms with van der Waals surface area (Å²) in [5.74, 6) is 1.85. The average Bonchev–Trinajstić information content (AvgIpc) is 2.53. The number of carbonyl (C=O) groups excluding carboxylic acids is 1. The van der Waals surface area contributed by atoms with Crippen LogP contribution in [0.2, 0.25) is 0 Å². The molecule has 2 aliphatic heterocycles. The molecule has 0 aliphatic carbocycles. The van der Waals surface area contributed by atoms with Gasteiger partial charge in [-0.15, -0.1) is 0 Å². The maximum Gasteiger partial charge on any atom is 0.251 e. The lowest BCUT2D eigenvalue weighted by Crippen LogP contribution is -2.38. The third-order valence-corrected chi connectivity index (χ3v) is 3.75. The zero-order chi connectivity index (χ0) is 13.8. The highest BCUT2D eigenvalue weighted by Gasteiger charge is 2.17. The molecule has 1 aromatic carbocycles. The summed E-state index contributed by atoms with van der Waals surface area (Å²) in [6, 6.07) is 5.33. The Morgan fingerprint density at radius 2 is 2.15 bits per heavy atom. The van der Waals surface area contributed by atoms with Crippen molar-refractivity contribution in [2.75, 3.05) is 32.8 Å². The predicted octanol–water partition coefficient (Wildman–Crippen LogP) is 1.19. The molecule has 2 N–H and O–H groups in total. The van der Waals surface area contributed by atoms with Gasteiger partial charge in [0.15, 0.2) is 11.5 Å². The molecule has 1 atom stereocenters. The normalized spacial score (nSPS) is 21.3. The van der Waals surface area contributed by atoms with Crippen molar-refractivity contribution in [2.45, 2.75) is 12.8 Å². The standard InChI is InChI=1S/C15H20N2O3/c18-15(17-10-11-2-1-5-16-9-11)12-3-4-13-14(8-12)20-7-6-19-13/h3-4,8,11,16H,1-2,5-7,9-10H2,(H,17,18)/t11-/m1/s1. The summed E-state index contributed by atoms with van der Waals surface area (Å²) in [6.07, 6.45) is 2.36. The van der Waals surface area contributed by atoms with E-state index < -0.39 is 0 Å². The third kappa shape index (κ3) is 3.04. The zero-order valence-electron chi connectivity index (χ0n) is 11.5. The van der Waals surface area contributed by atoms with E-state index in [4.69, 9.17) is 9.47 Å². The fourth-order valence-electron chi connectivity index (χ4n) is 2.62. The van der Waals surface area contributed by atoms with Crippen molar-refractivity contribution in [2.24, 2.45) is 5.92 Å². The molecule has 20 heavy (non-hydrogen) atoms. The Balaban J connectivity index is 1.59. The Bertz CT molecular complexity index is 484. The van der Waals surface area contributed by atoms with Crippen molar-refractivity contribution in [1.29, 1.82) is 0 Å². The summed E-state index contributed by atoms with van der Waals surface area (Å²) in [7, 11) is 0. The summed E-state index contributed by atoms with van der Waals surface area (Å²) >= 11 is 0. The van der Waals surface area contributed by atoms with Crippen LogP contribution in [0.4, 0.5) is 0 Å². The van der Waals surface area contributed by atoms with Gasteiger partial charge in [-0.05, 0) is 50.0 Å². The number of hydrogen-bond acceptors (Lipinski definition) is 4. The first-order valence-electron chi connectivity index (χ1n) is 7.21. The van der Waals surface area contributed by atoms with E-state index in [9.17, 15) is 4.79 Å². The number of carbonyl (C=O) groups is 1. The minimum Gasteiger partial charge on any atom is -0.486 e. The topological polar surface area (TPSA) is 59.6 Å². The molecule has 3 rings (SSSR count). The van der Waals surface area contributed by atoms with Gasteiger partial charge in [-0.25, -0.2) is 0 Å². The first kappa shape index (κ1) is 13.2. The van der Waals surface area contributed by atoms with Crippen LogP contribution < -0.4 is 20.1 Å². The van der Waals surface area contributed by atoms with E-state index >= 15 is 0 Å². The van der Waals surface area contributed by atoms with Crippen LogP contribution in [0.25, 0.3) is 0 Å². The Labute approximate surface area is 118 Å². The van der Waals surface area contributed by atoms with Crippen LogP contribution in [-0.2, 0) is 0 Å². The molecule has 1 aromatic rings. The second-order valence-corrected chi connectivity index (χ2v) is 5.28. The third-order valence-electron chi connectivity index (χ3n) is 3.75. The molecule has 0 radical (unpaired) electrons. The van der Waals surface area contributed by atoms with Gasteiger partial charge < -0.3 is 20.1 Å². The molecule has 108 valence electrons. The smallest absolute Gasteiger partial charge is 0.251 e. The van der Waals surface area contributed by atoms with E-state index in [0.717, 1.165) is 19.6 Å². The number of nitrogens with one attached hydrogen (secondary N) is 2. The summed E-state index contributed by atoms with van der Waals surface area (Å²) < 4.78 is 10.9. The van der Waals surface area contributed by atoms with Crippen LogP contribution in [0.15, 0.2) is 18.2 Å². The first-order valence-corrected chi connectivity index (χ1v) is 7.21. The number of ether oxygens (including phenoxy) is 2. The second kappa shape index (κ2) is 6.13. The van der Waals surface area contributed by atoms with Crippen LogP contribution in [-0.4, -0.2) is 38.8 Å². The number of hydrogen-bond donors (Lipinski definition) is 2. The molecule has 0 aromatic heterocycles. The maximum absolute atomic E-state index is 12.1. The summed E-state index contributed by atoms with van der Waals surface area (Å²) in [5, 5.41) is 6.35. The minimum atomic E-state index is -0.0486. The first-order chi connectivity index (χ1) is 9.83. The molecule has 5 nitrogen and oxygen atoms in total. The van der Waals surface area contributed by atoms with Gasteiger partial charge in [0.25, 0.3) is 5.91 Å². The van der Waals surface area contributed by atoms with Crippen molar-refractivity contribution in [3.63, 3.8) is 0 Å². The Hall–Kier alpha value is -1.75. The summed E-state index contributed by atoms with van der Waals surface area (Å²) in [4.78, 5) is 12.1. The molecule has 5 heteroatoms. The van der Waals surface area contributed by atoms with Gasteiger partial charge in [0.2, 0.25) is 0 Å². The number of amides is 1. The number of benzene rings is 1. The van der Waals surface area contributed by atoms with Crippen molar-refractivity contribution >= 4 is 5.91 Å². The van der Waals surface area contributed by atoms with Gasteiger partial charge in [0.05, 0.1) is 0 Å². The lowest BCUT2D eigenvalue weighted by Gasteiger charge is -2.23. The zero-order valence-corrected chi connectivity index (χ0v) is 11.5. The number of rotatable bonds is 3. The molecule has 0 bridgehead atoms. The van der Waals surface area contributed by atoms with Gasteiger partial charge in [-0.2, -0.15) is 0 Å². The van der Waals surface area contributed by atoms with E-state index in [1.54, 1.807) is 18.2 Å². The second-order valence-electron chi connectivity index (χ2n) is 5.28. The van der Waals surface area contributed by atoms with Gasteiger partial charge in [0.1, 0.15) is 13.2 Å². The van der Waals surface area contributed by atoms with E-state index in [-0.39, 0.29) is 5.91 Å². The van der Waals surface area contributed by atoms with Crippen molar-refractivity contribution in [3.05, 3.63) is 23.8 Å². The van der Waals surface area contributed by atoms with Gasteiger partial charge in [0, 0.05) is 12.1 Å². The van der Waals surface area contributed by atoms with Crippen LogP contribution in [0.3, 0.4) is 0 Å². The fourth-order valence-corrected chi connectivity index (χ4v) is 2.62. The van der Waals surface area contributed by atoms with E-state index in [1.807, 2.05) is 0 Å².